The fourth-order valence-corrected chi connectivity index (χ4v) is 6.99. The Bertz CT molecular complexity index is 1990. The lowest BCUT2D eigenvalue weighted by Crippen LogP contribution is -2.64. The third-order valence-electron chi connectivity index (χ3n) is 10.5. The molecule has 15 atom stereocenters. The van der Waals surface area contributed by atoms with Crippen molar-refractivity contribution in [1.29, 1.82) is 0 Å². The topological polar surface area (TPSA) is 317 Å². The Hall–Kier alpha value is -3.97. The molecule has 4 heterocycles. The van der Waals surface area contributed by atoms with Gasteiger partial charge in [-0.15, -0.1) is 0 Å². The summed E-state index contributed by atoms with van der Waals surface area (Å²) >= 11 is 0. The minimum Gasteiger partial charge on any atom is -0.507 e. The predicted octanol–water partition coefficient (Wildman–Crippen LogP) is -2.11. The van der Waals surface area contributed by atoms with Gasteiger partial charge in [0, 0.05) is 17.2 Å². The molecule has 1 aromatic heterocycles. The Morgan fingerprint density at radius 2 is 1.34 bits per heavy atom. The number of aromatic hydroxyl groups is 1. The summed E-state index contributed by atoms with van der Waals surface area (Å²) in [6.45, 7) is 3.44. The van der Waals surface area contributed by atoms with Gasteiger partial charge < -0.3 is 93.7 Å². The van der Waals surface area contributed by atoms with Crippen molar-refractivity contribution in [3.63, 3.8) is 0 Å². The van der Waals surface area contributed by atoms with Crippen LogP contribution >= 0.6 is 0 Å². The monoisotopic (exact) mass is 838 g/mol. The Labute approximate surface area is 336 Å². The first-order chi connectivity index (χ1) is 28.0. The van der Waals surface area contributed by atoms with Gasteiger partial charge in [-0.05, 0) is 51.5 Å². The van der Waals surface area contributed by atoms with E-state index in [-0.39, 0.29) is 34.6 Å². The van der Waals surface area contributed by atoms with E-state index < -0.39 is 128 Å². The standard InChI is InChI=1S/C39H50O20/c1-14(2)5-10-18-20(54-37-31(50)28(47)25(44)21(12-40)55-37)11-19(42)23-27(46)35(33(57-34(18)23)16-6-8-17(52-4)9-7-16)58-39-36(30(49)24(43)15(3)53-39)59-38-32(51)29(48)26(45)22(13-41)56-38/h5-9,11,15,21-22,24-26,28-32,36-45,47-51H,10,12-13H2,1-4H3/t15-,21+,22+,24-,25+,26+,28-,29-,30+,31+,32+,36+,37+,38-,39-/m0/s1. The molecule has 3 fully saturated rings. The number of allylic oxidation sites excluding steroid dienone is 2. The molecule has 0 unspecified atom stereocenters. The average Bonchev–Trinajstić information content (AvgIpc) is 3.21. The van der Waals surface area contributed by atoms with Crippen molar-refractivity contribution >= 4 is 11.0 Å². The molecule has 326 valence electrons. The zero-order valence-corrected chi connectivity index (χ0v) is 32.3. The molecule has 0 spiro atoms. The highest BCUT2D eigenvalue weighted by molar-refractivity contribution is 5.91. The maximum absolute atomic E-state index is 14.7. The summed E-state index contributed by atoms with van der Waals surface area (Å²) in [4.78, 5) is 14.7. The summed E-state index contributed by atoms with van der Waals surface area (Å²) in [5.74, 6) is -1.34. The molecular formula is C39H50O20. The average molecular weight is 839 g/mol. The first-order valence-electron chi connectivity index (χ1n) is 18.8. The van der Waals surface area contributed by atoms with Crippen molar-refractivity contribution in [2.45, 2.75) is 119 Å². The van der Waals surface area contributed by atoms with Crippen LogP contribution in [0.4, 0.5) is 0 Å². The lowest BCUT2D eigenvalue weighted by Gasteiger charge is -2.45. The number of hydrogen-bond donors (Lipinski definition) is 11. The van der Waals surface area contributed by atoms with Gasteiger partial charge in [-0.2, -0.15) is 0 Å². The number of methoxy groups -OCH3 is 1. The van der Waals surface area contributed by atoms with Crippen LogP contribution in [0.2, 0.25) is 0 Å². The van der Waals surface area contributed by atoms with Crippen LogP contribution in [-0.2, 0) is 25.4 Å². The molecule has 0 amide bonds. The quantitative estimate of drug-likeness (QED) is 0.0870. The van der Waals surface area contributed by atoms with Crippen molar-refractivity contribution in [1.82, 2.24) is 0 Å². The highest BCUT2D eigenvalue weighted by Crippen LogP contribution is 2.42. The third-order valence-corrected chi connectivity index (χ3v) is 10.5. The second kappa shape index (κ2) is 18.3. The molecule has 0 radical (unpaired) electrons. The minimum atomic E-state index is -1.94. The molecule has 3 aromatic rings. The van der Waals surface area contributed by atoms with E-state index in [1.54, 1.807) is 32.1 Å². The molecule has 3 aliphatic rings. The number of ether oxygens (including phenoxy) is 7. The van der Waals surface area contributed by atoms with Crippen LogP contribution in [0, 0.1) is 0 Å². The van der Waals surface area contributed by atoms with Crippen LogP contribution in [-0.4, -0.2) is 169 Å². The van der Waals surface area contributed by atoms with Crippen LogP contribution in [0.5, 0.6) is 23.0 Å². The maximum Gasteiger partial charge on any atom is 0.239 e. The molecule has 0 saturated carbocycles. The number of benzene rings is 2. The van der Waals surface area contributed by atoms with Gasteiger partial charge in [-0.3, -0.25) is 4.79 Å². The maximum atomic E-state index is 14.7. The summed E-state index contributed by atoms with van der Waals surface area (Å²) in [5.41, 5.74) is -0.0519. The molecular weight excluding hydrogens is 788 g/mol. The van der Waals surface area contributed by atoms with E-state index in [9.17, 15) is 61.0 Å². The third kappa shape index (κ3) is 8.79. The Morgan fingerprint density at radius 3 is 1.92 bits per heavy atom. The predicted molar refractivity (Wildman–Crippen MR) is 199 cm³/mol. The van der Waals surface area contributed by atoms with Crippen molar-refractivity contribution in [2.24, 2.45) is 0 Å². The fraction of sp³-hybridized carbons (Fsp3) is 0.564. The molecule has 0 bridgehead atoms. The van der Waals surface area contributed by atoms with E-state index in [2.05, 4.69) is 0 Å². The Kier molecular flexibility index (Phi) is 13.9. The van der Waals surface area contributed by atoms with Crippen molar-refractivity contribution in [2.75, 3.05) is 20.3 Å². The van der Waals surface area contributed by atoms with E-state index in [0.29, 0.717) is 5.75 Å². The first-order valence-corrected chi connectivity index (χ1v) is 18.8. The number of rotatable bonds is 12. The fourth-order valence-electron chi connectivity index (χ4n) is 6.99. The number of fused-ring (bicyclic) bond motifs is 1. The number of phenolic OH excluding ortho intramolecular Hbond substituents is 1. The summed E-state index contributed by atoms with van der Waals surface area (Å²) < 4.78 is 46.6. The summed E-state index contributed by atoms with van der Waals surface area (Å²) in [7, 11) is 1.44. The molecule has 6 rings (SSSR count). The second-order valence-electron chi connectivity index (χ2n) is 14.8. The molecule has 20 nitrogen and oxygen atoms in total. The molecule has 3 aliphatic heterocycles. The van der Waals surface area contributed by atoms with Crippen LogP contribution in [0.3, 0.4) is 0 Å². The smallest absolute Gasteiger partial charge is 0.239 e. The SMILES string of the molecule is COc1ccc(-c2oc3c(CC=C(C)C)c(O[C@@H]4O[C@H](CO)[C@@H](O)[C@H](O)[C@H]4O)cc(O)c3c(=O)c2O[C@@H]2O[C@@H](C)[C@H](O)[C@@H](O)[C@H]2O[C@@H]2O[C@H](CO)[C@@H](O)[C@H](O)[C@H]2O)cc1. The normalized spacial score (nSPS) is 35.0. The van der Waals surface area contributed by atoms with Gasteiger partial charge in [0.25, 0.3) is 0 Å². The number of phenols is 1. The summed E-state index contributed by atoms with van der Waals surface area (Å²) in [6.07, 6.45) is -23.6. The lowest BCUT2D eigenvalue weighted by atomic mass is 9.97. The first kappa shape index (κ1) is 44.6. The highest BCUT2D eigenvalue weighted by atomic mass is 16.8. The van der Waals surface area contributed by atoms with Crippen molar-refractivity contribution in [3.8, 4) is 34.3 Å². The molecule has 0 aliphatic carbocycles. The Balaban J connectivity index is 1.50. The van der Waals surface area contributed by atoms with Gasteiger partial charge >= 0.3 is 0 Å². The number of hydrogen-bond acceptors (Lipinski definition) is 20. The van der Waals surface area contributed by atoms with Gasteiger partial charge in [-0.1, -0.05) is 11.6 Å². The summed E-state index contributed by atoms with van der Waals surface area (Å²) in [5, 5.41) is 115. The number of aliphatic hydroxyl groups excluding tert-OH is 10. The van der Waals surface area contributed by atoms with Gasteiger partial charge in [0.05, 0.1) is 26.4 Å². The number of aliphatic hydroxyl groups is 10. The van der Waals surface area contributed by atoms with E-state index in [1.807, 2.05) is 0 Å². The van der Waals surface area contributed by atoms with Gasteiger partial charge in [0.1, 0.15) is 89.3 Å². The molecule has 2 aromatic carbocycles. The van der Waals surface area contributed by atoms with Crippen LogP contribution < -0.4 is 19.6 Å². The zero-order chi connectivity index (χ0) is 43.0. The van der Waals surface area contributed by atoms with Crippen LogP contribution in [0.15, 0.2) is 51.2 Å². The van der Waals surface area contributed by atoms with E-state index in [1.165, 1.54) is 26.2 Å². The lowest BCUT2D eigenvalue weighted by molar-refractivity contribution is -0.355. The van der Waals surface area contributed by atoms with E-state index in [0.717, 1.165) is 11.6 Å². The van der Waals surface area contributed by atoms with Crippen molar-refractivity contribution < 1.29 is 93.7 Å². The largest absolute Gasteiger partial charge is 0.507 e. The molecule has 11 N–H and O–H groups in total. The van der Waals surface area contributed by atoms with Gasteiger partial charge in [-0.25, -0.2) is 0 Å². The van der Waals surface area contributed by atoms with Crippen molar-refractivity contribution in [3.05, 3.63) is 57.8 Å². The van der Waals surface area contributed by atoms with Gasteiger partial charge in [0.2, 0.25) is 23.8 Å². The van der Waals surface area contributed by atoms with Crippen LogP contribution in [0.25, 0.3) is 22.3 Å². The second-order valence-corrected chi connectivity index (χ2v) is 14.8. The molecule has 20 heteroatoms. The summed E-state index contributed by atoms with van der Waals surface area (Å²) in [6, 6.07) is 7.17. The van der Waals surface area contributed by atoms with E-state index in [4.69, 9.17) is 37.6 Å². The van der Waals surface area contributed by atoms with Crippen LogP contribution in [0.1, 0.15) is 26.3 Å². The van der Waals surface area contributed by atoms with Gasteiger partial charge in [0.15, 0.2) is 18.2 Å². The Morgan fingerprint density at radius 1 is 0.746 bits per heavy atom. The minimum absolute atomic E-state index is 0.000587. The molecule has 3 saturated heterocycles. The van der Waals surface area contributed by atoms with E-state index >= 15 is 0 Å². The zero-order valence-electron chi connectivity index (χ0n) is 32.3. The highest BCUT2D eigenvalue weighted by Gasteiger charge is 2.51. The molecule has 59 heavy (non-hydrogen) atoms.